The predicted octanol–water partition coefficient (Wildman–Crippen LogP) is 1.72. The smallest absolute Gasteiger partial charge is 0.335 e. The molecule has 0 saturated carbocycles. The maximum absolute atomic E-state index is 12.2. The van der Waals surface area contributed by atoms with Gasteiger partial charge in [0.15, 0.2) is 0 Å². The molecule has 1 atom stereocenters. The number of aliphatic hydroxyl groups is 1. The lowest BCUT2D eigenvalue weighted by Gasteiger charge is -2.27. The number of carboxylic acids is 1. The number of benzene rings is 1. The van der Waals surface area contributed by atoms with Gasteiger partial charge in [-0.3, -0.25) is 0 Å². The van der Waals surface area contributed by atoms with E-state index in [0.29, 0.717) is 0 Å². The van der Waals surface area contributed by atoms with Crippen molar-refractivity contribution < 1.29 is 23.4 Å². The summed E-state index contributed by atoms with van der Waals surface area (Å²) in [6.45, 7) is 4.84. The van der Waals surface area contributed by atoms with Gasteiger partial charge in [0, 0.05) is 11.6 Å². The Hall–Kier alpha value is -1.15. The van der Waals surface area contributed by atoms with Gasteiger partial charge >= 0.3 is 5.97 Å². The van der Waals surface area contributed by atoms with Gasteiger partial charge in [0.05, 0.1) is 16.1 Å². The van der Waals surface area contributed by atoms with Crippen molar-refractivity contribution >= 4 is 27.6 Å². The molecule has 8 heteroatoms. The summed E-state index contributed by atoms with van der Waals surface area (Å²) in [4.78, 5) is 10.7. The Morgan fingerprint density at radius 1 is 1.38 bits per heavy atom. The molecule has 118 valence electrons. The van der Waals surface area contributed by atoms with Crippen molar-refractivity contribution in [1.82, 2.24) is 4.72 Å². The zero-order valence-corrected chi connectivity index (χ0v) is 13.5. The maximum Gasteiger partial charge on any atom is 0.335 e. The molecule has 21 heavy (non-hydrogen) atoms. The number of aromatic carboxylic acids is 1. The van der Waals surface area contributed by atoms with E-state index in [9.17, 15) is 18.3 Å². The normalized spacial score (nSPS) is 15.0. The molecule has 1 rings (SSSR count). The molecule has 3 N–H and O–H groups in total. The second kappa shape index (κ2) is 6.31. The van der Waals surface area contributed by atoms with Crippen LogP contribution in [0, 0.1) is 5.92 Å². The number of nitrogens with one attached hydrogen (secondary N) is 1. The average Bonchev–Trinajstić information content (AvgIpc) is 2.35. The van der Waals surface area contributed by atoms with Crippen LogP contribution in [0.5, 0.6) is 0 Å². The van der Waals surface area contributed by atoms with Crippen LogP contribution in [-0.4, -0.2) is 36.7 Å². The molecule has 0 saturated heterocycles. The van der Waals surface area contributed by atoms with Gasteiger partial charge < -0.3 is 10.2 Å². The van der Waals surface area contributed by atoms with Crippen molar-refractivity contribution in [1.29, 1.82) is 0 Å². The van der Waals surface area contributed by atoms with Crippen molar-refractivity contribution in [2.24, 2.45) is 5.92 Å². The SMILES string of the molecule is CC(C)C(C)(O)CNS(=O)(=O)c1cc(Cl)cc(C(=O)O)c1. The van der Waals surface area contributed by atoms with Crippen molar-refractivity contribution in [3.8, 4) is 0 Å². The lowest BCUT2D eigenvalue weighted by molar-refractivity contribution is 0.0190. The first-order valence-electron chi connectivity index (χ1n) is 6.21. The van der Waals surface area contributed by atoms with Crippen LogP contribution in [0.25, 0.3) is 0 Å². The van der Waals surface area contributed by atoms with Crippen LogP contribution in [-0.2, 0) is 10.0 Å². The van der Waals surface area contributed by atoms with Gasteiger partial charge in [-0.2, -0.15) is 0 Å². The fourth-order valence-corrected chi connectivity index (χ4v) is 2.88. The van der Waals surface area contributed by atoms with Crippen molar-refractivity contribution in [3.05, 3.63) is 28.8 Å². The van der Waals surface area contributed by atoms with E-state index in [1.807, 2.05) is 0 Å². The zero-order chi connectivity index (χ0) is 16.4. The number of carboxylic acid groups (broad SMARTS) is 1. The number of halogens is 1. The highest BCUT2D eigenvalue weighted by Crippen LogP contribution is 2.20. The van der Waals surface area contributed by atoms with Crippen LogP contribution in [0.3, 0.4) is 0 Å². The molecular weight excluding hydrogens is 318 g/mol. The molecule has 1 unspecified atom stereocenters. The van der Waals surface area contributed by atoms with Crippen LogP contribution in [0.2, 0.25) is 5.02 Å². The highest BCUT2D eigenvalue weighted by atomic mass is 35.5. The third-order valence-electron chi connectivity index (χ3n) is 3.29. The van der Waals surface area contributed by atoms with Crippen molar-refractivity contribution in [2.75, 3.05) is 6.54 Å². The number of sulfonamides is 1. The highest BCUT2D eigenvalue weighted by Gasteiger charge is 2.28. The standard InChI is InChI=1S/C13H18ClNO5S/c1-8(2)13(3,18)7-15-21(19,20)11-5-9(12(16)17)4-10(14)6-11/h4-6,8,15,18H,7H2,1-3H3,(H,16,17). The minimum atomic E-state index is -3.96. The molecule has 0 heterocycles. The van der Waals surface area contributed by atoms with Crippen LogP contribution in [0.15, 0.2) is 23.1 Å². The van der Waals surface area contributed by atoms with Crippen LogP contribution < -0.4 is 4.72 Å². The van der Waals surface area contributed by atoms with Gasteiger partial charge in [-0.05, 0) is 31.0 Å². The Morgan fingerprint density at radius 3 is 2.43 bits per heavy atom. The fourth-order valence-electron chi connectivity index (χ4n) is 1.37. The summed E-state index contributed by atoms with van der Waals surface area (Å²) < 4.78 is 26.6. The minimum absolute atomic E-state index is 0.00546. The molecule has 6 nitrogen and oxygen atoms in total. The van der Waals surface area contributed by atoms with E-state index in [1.165, 1.54) is 6.92 Å². The molecule has 0 aliphatic rings. The van der Waals surface area contributed by atoms with E-state index in [0.717, 1.165) is 18.2 Å². The van der Waals surface area contributed by atoms with Gasteiger partial charge in [0.25, 0.3) is 0 Å². The van der Waals surface area contributed by atoms with E-state index in [2.05, 4.69) is 4.72 Å². The first-order chi connectivity index (χ1) is 9.45. The van der Waals surface area contributed by atoms with Gasteiger partial charge in [-0.15, -0.1) is 0 Å². The van der Waals surface area contributed by atoms with Gasteiger partial charge in [-0.1, -0.05) is 25.4 Å². The topological polar surface area (TPSA) is 104 Å². The zero-order valence-electron chi connectivity index (χ0n) is 11.9. The number of hydrogen-bond donors (Lipinski definition) is 3. The third kappa shape index (κ3) is 4.67. The quantitative estimate of drug-likeness (QED) is 0.734. The summed E-state index contributed by atoms with van der Waals surface area (Å²) in [5, 5.41) is 19.0. The van der Waals surface area contributed by atoms with E-state index in [1.54, 1.807) is 13.8 Å². The summed E-state index contributed by atoms with van der Waals surface area (Å²) in [5.41, 5.74) is -1.44. The average molecular weight is 336 g/mol. The molecule has 1 aromatic rings. The van der Waals surface area contributed by atoms with Gasteiger partial charge in [0.1, 0.15) is 0 Å². The van der Waals surface area contributed by atoms with Crippen molar-refractivity contribution in [3.63, 3.8) is 0 Å². The fraction of sp³-hybridized carbons (Fsp3) is 0.462. The van der Waals surface area contributed by atoms with E-state index >= 15 is 0 Å². The Morgan fingerprint density at radius 2 is 1.95 bits per heavy atom. The number of hydrogen-bond acceptors (Lipinski definition) is 4. The number of rotatable bonds is 6. The third-order valence-corrected chi connectivity index (χ3v) is 4.89. The number of carbonyl (C=O) groups is 1. The Kier molecular flexibility index (Phi) is 5.38. The minimum Gasteiger partial charge on any atom is -0.478 e. The van der Waals surface area contributed by atoms with E-state index < -0.39 is 21.6 Å². The molecular formula is C13H18ClNO5S. The molecule has 0 fully saturated rings. The molecule has 0 aliphatic carbocycles. The Balaban J connectivity index is 3.06. The molecule has 1 aromatic carbocycles. The van der Waals surface area contributed by atoms with E-state index in [-0.39, 0.29) is 27.9 Å². The molecule has 0 radical (unpaired) electrons. The van der Waals surface area contributed by atoms with Gasteiger partial charge in [-0.25, -0.2) is 17.9 Å². The Bertz CT molecular complexity index is 640. The monoisotopic (exact) mass is 335 g/mol. The second-order valence-electron chi connectivity index (χ2n) is 5.32. The lowest BCUT2D eigenvalue weighted by Crippen LogP contribution is -2.44. The van der Waals surface area contributed by atoms with Crippen molar-refractivity contribution in [2.45, 2.75) is 31.3 Å². The van der Waals surface area contributed by atoms with E-state index in [4.69, 9.17) is 16.7 Å². The second-order valence-corrected chi connectivity index (χ2v) is 7.52. The first kappa shape index (κ1) is 17.9. The molecule has 0 bridgehead atoms. The molecule has 0 spiro atoms. The largest absolute Gasteiger partial charge is 0.478 e. The molecule has 0 aliphatic heterocycles. The van der Waals surface area contributed by atoms with Crippen LogP contribution in [0.4, 0.5) is 0 Å². The Labute approximate surface area is 128 Å². The highest BCUT2D eigenvalue weighted by molar-refractivity contribution is 7.89. The summed E-state index contributed by atoms with van der Waals surface area (Å²) in [6, 6.07) is 3.33. The van der Waals surface area contributed by atoms with Crippen LogP contribution in [0.1, 0.15) is 31.1 Å². The molecule has 0 aromatic heterocycles. The maximum atomic E-state index is 12.2. The van der Waals surface area contributed by atoms with Gasteiger partial charge in [0.2, 0.25) is 10.0 Å². The summed E-state index contributed by atoms with van der Waals surface area (Å²) in [7, 11) is -3.96. The predicted molar refractivity (Wildman–Crippen MR) is 79.1 cm³/mol. The summed E-state index contributed by atoms with van der Waals surface area (Å²) in [5.74, 6) is -1.43. The first-order valence-corrected chi connectivity index (χ1v) is 8.08. The van der Waals surface area contributed by atoms with Crippen LogP contribution >= 0.6 is 11.6 Å². The summed E-state index contributed by atoms with van der Waals surface area (Å²) in [6.07, 6.45) is 0. The lowest BCUT2D eigenvalue weighted by atomic mass is 9.93. The summed E-state index contributed by atoms with van der Waals surface area (Å²) >= 11 is 5.74. The molecule has 0 amide bonds.